The van der Waals surface area contributed by atoms with Gasteiger partial charge in [0.2, 0.25) is 5.91 Å². The van der Waals surface area contributed by atoms with E-state index < -0.39 is 11.0 Å². The van der Waals surface area contributed by atoms with E-state index in [2.05, 4.69) is 5.32 Å². The lowest BCUT2D eigenvalue weighted by atomic mass is 9.82. The van der Waals surface area contributed by atoms with Gasteiger partial charge in [-0.3, -0.25) is 4.79 Å². The van der Waals surface area contributed by atoms with Gasteiger partial charge in [0.05, 0.1) is 18.1 Å². The molecule has 0 aliphatic rings. The molecule has 128 valence electrons. The van der Waals surface area contributed by atoms with Crippen molar-refractivity contribution >= 4 is 5.91 Å². The van der Waals surface area contributed by atoms with E-state index in [-0.39, 0.29) is 11.7 Å². The maximum absolute atomic E-state index is 14.1. The Labute approximate surface area is 142 Å². The molecule has 0 saturated heterocycles. The molecular weight excluding hydrogens is 305 g/mol. The zero-order valence-corrected chi connectivity index (χ0v) is 14.8. The van der Waals surface area contributed by atoms with Crippen LogP contribution in [0.15, 0.2) is 48.5 Å². The van der Waals surface area contributed by atoms with E-state index in [1.54, 1.807) is 39.2 Å². The fourth-order valence-electron chi connectivity index (χ4n) is 2.61. The maximum atomic E-state index is 14.1. The number of nitrogens with one attached hydrogen (secondary N) is 1. The number of hydrogen-bond acceptors (Lipinski definition) is 2. The third kappa shape index (κ3) is 3.58. The van der Waals surface area contributed by atoms with E-state index in [0.717, 1.165) is 11.3 Å². The number of carbonyl (C=O) groups is 1. The first kappa shape index (κ1) is 18.0. The number of methoxy groups -OCH3 is 1. The second kappa shape index (κ2) is 6.63. The van der Waals surface area contributed by atoms with E-state index in [1.165, 1.54) is 6.07 Å². The monoisotopic (exact) mass is 329 g/mol. The third-order valence-electron chi connectivity index (χ3n) is 4.35. The van der Waals surface area contributed by atoms with Gasteiger partial charge in [-0.2, -0.15) is 0 Å². The molecule has 2 rings (SSSR count). The predicted molar refractivity (Wildman–Crippen MR) is 93.6 cm³/mol. The summed E-state index contributed by atoms with van der Waals surface area (Å²) in [6, 6.07) is 13.9. The van der Waals surface area contributed by atoms with Gasteiger partial charge >= 0.3 is 0 Å². The molecule has 4 heteroatoms. The van der Waals surface area contributed by atoms with Crippen molar-refractivity contribution in [1.82, 2.24) is 5.32 Å². The van der Waals surface area contributed by atoms with E-state index in [9.17, 15) is 9.18 Å². The lowest BCUT2D eigenvalue weighted by Gasteiger charge is -2.33. The molecule has 0 bridgehead atoms. The lowest BCUT2D eigenvalue weighted by Crippen LogP contribution is -2.49. The average molecular weight is 329 g/mol. The largest absolute Gasteiger partial charge is 0.497 e. The molecule has 0 aliphatic heterocycles. The molecule has 0 radical (unpaired) electrons. The van der Waals surface area contributed by atoms with Crippen molar-refractivity contribution < 1.29 is 13.9 Å². The van der Waals surface area contributed by atoms with Crippen LogP contribution in [0, 0.1) is 5.82 Å². The van der Waals surface area contributed by atoms with E-state index in [1.807, 2.05) is 38.1 Å². The second-order valence-corrected chi connectivity index (χ2v) is 6.91. The number of rotatable bonds is 5. The molecule has 0 heterocycles. The molecule has 0 saturated carbocycles. The summed E-state index contributed by atoms with van der Waals surface area (Å²) in [5.41, 5.74) is -0.241. The zero-order chi connectivity index (χ0) is 18.0. The van der Waals surface area contributed by atoms with Gasteiger partial charge < -0.3 is 10.1 Å². The van der Waals surface area contributed by atoms with Crippen LogP contribution in [0.5, 0.6) is 5.75 Å². The summed E-state index contributed by atoms with van der Waals surface area (Å²) in [6.45, 7) is 7.30. The zero-order valence-electron chi connectivity index (χ0n) is 14.8. The minimum absolute atomic E-state index is 0.166. The van der Waals surface area contributed by atoms with Gasteiger partial charge in [-0.05, 0) is 51.5 Å². The molecule has 0 aliphatic carbocycles. The molecule has 0 fully saturated rings. The summed E-state index contributed by atoms with van der Waals surface area (Å²) < 4.78 is 19.2. The Morgan fingerprint density at radius 1 is 1.00 bits per heavy atom. The standard InChI is InChI=1S/C20H24FNO2/c1-19(2,14-10-12-15(24-5)13-11-14)18(23)22-20(3,4)16-8-6-7-9-17(16)21/h6-13H,1-5H3,(H,22,23). The maximum Gasteiger partial charge on any atom is 0.230 e. The Morgan fingerprint density at radius 3 is 2.12 bits per heavy atom. The van der Waals surface area contributed by atoms with Crippen molar-refractivity contribution in [2.45, 2.75) is 38.6 Å². The van der Waals surface area contributed by atoms with Crippen LogP contribution in [0.25, 0.3) is 0 Å². The highest BCUT2D eigenvalue weighted by atomic mass is 19.1. The molecule has 0 spiro atoms. The molecule has 2 aromatic carbocycles. The SMILES string of the molecule is COc1ccc(C(C)(C)C(=O)NC(C)(C)c2ccccc2F)cc1. The fraction of sp³-hybridized carbons (Fsp3) is 0.350. The van der Waals surface area contributed by atoms with Gasteiger partial charge in [0, 0.05) is 5.56 Å². The van der Waals surface area contributed by atoms with Crippen LogP contribution >= 0.6 is 0 Å². The minimum Gasteiger partial charge on any atom is -0.497 e. The number of halogens is 1. The van der Waals surface area contributed by atoms with Gasteiger partial charge in [0.1, 0.15) is 11.6 Å². The average Bonchev–Trinajstić information content (AvgIpc) is 2.54. The Kier molecular flexibility index (Phi) is 4.97. The summed E-state index contributed by atoms with van der Waals surface area (Å²) in [7, 11) is 1.60. The first-order valence-corrected chi connectivity index (χ1v) is 7.90. The number of ether oxygens (including phenoxy) is 1. The molecule has 0 atom stereocenters. The summed E-state index contributed by atoms with van der Waals surface area (Å²) in [5, 5.41) is 2.97. The molecular formula is C20H24FNO2. The molecule has 0 aromatic heterocycles. The second-order valence-electron chi connectivity index (χ2n) is 6.91. The molecule has 3 nitrogen and oxygen atoms in total. The highest BCUT2D eigenvalue weighted by molar-refractivity contribution is 5.88. The normalized spacial score (nSPS) is 11.9. The van der Waals surface area contributed by atoms with Gasteiger partial charge in [0.15, 0.2) is 0 Å². The Balaban J connectivity index is 2.25. The number of hydrogen-bond donors (Lipinski definition) is 1. The smallest absolute Gasteiger partial charge is 0.230 e. The Bertz CT molecular complexity index is 721. The summed E-state index contributed by atoms with van der Waals surface area (Å²) >= 11 is 0. The summed E-state index contributed by atoms with van der Waals surface area (Å²) in [6.07, 6.45) is 0. The van der Waals surface area contributed by atoms with Crippen LogP contribution in [0.1, 0.15) is 38.8 Å². The van der Waals surface area contributed by atoms with E-state index >= 15 is 0 Å². The molecule has 1 amide bonds. The van der Waals surface area contributed by atoms with Crippen molar-refractivity contribution in [2.24, 2.45) is 0 Å². The molecule has 1 N–H and O–H groups in total. The number of benzene rings is 2. The lowest BCUT2D eigenvalue weighted by molar-refractivity contribution is -0.127. The summed E-state index contributed by atoms with van der Waals surface area (Å²) in [5.74, 6) is 0.243. The highest BCUT2D eigenvalue weighted by Gasteiger charge is 2.35. The van der Waals surface area contributed by atoms with Crippen molar-refractivity contribution in [2.75, 3.05) is 7.11 Å². The number of carbonyl (C=O) groups excluding carboxylic acids is 1. The van der Waals surface area contributed by atoms with Gasteiger partial charge in [-0.1, -0.05) is 30.3 Å². The quantitative estimate of drug-likeness (QED) is 0.894. The van der Waals surface area contributed by atoms with Crippen molar-refractivity contribution in [1.29, 1.82) is 0 Å². The van der Waals surface area contributed by atoms with Crippen molar-refractivity contribution in [3.05, 3.63) is 65.5 Å². The Morgan fingerprint density at radius 2 is 1.58 bits per heavy atom. The van der Waals surface area contributed by atoms with Crippen LogP contribution in [0.3, 0.4) is 0 Å². The third-order valence-corrected chi connectivity index (χ3v) is 4.35. The first-order chi connectivity index (χ1) is 11.2. The van der Waals surface area contributed by atoms with Gasteiger partial charge in [-0.25, -0.2) is 4.39 Å². The van der Waals surface area contributed by atoms with Crippen molar-refractivity contribution in [3.63, 3.8) is 0 Å². The van der Waals surface area contributed by atoms with Crippen LogP contribution in [0.4, 0.5) is 4.39 Å². The Hall–Kier alpha value is -2.36. The van der Waals surface area contributed by atoms with Crippen LogP contribution in [0.2, 0.25) is 0 Å². The predicted octanol–water partition coefficient (Wildman–Crippen LogP) is 4.16. The van der Waals surface area contributed by atoms with Crippen LogP contribution < -0.4 is 10.1 Å². The molecule has 24 heavy (non-hydrogen) atoms. The summed E-state index contributed by atoms with van der Waals surface area (Å²) in [4.78, 5) is 12.9. The van der Waals surface area contributed by atoms with Crippen LogP contribution in [-0.4, -0.2) is 13.0 Å². The highest BCUT2D eigenvalue weighted by Crippen LogP contribution is 2.29. The van der Waals surface area contributed by atoms with Crippen molar-refractivity contribution in [3.8, 4) is 5.75 Å². The van der Waals surface area contributed by atoms with E-state index in [0.29, 0.717) is 5.56 Å². The van der Waals surface area contributed by atoms with Gasteiger partial charge in [0.25, 0.3) is 0 Å². The molecule has 0 unspecified atom stereocenters. The van der Waals surface area contributed by atoms with E-state index in [4.69, 9.17) is 4.74 Å². The topological polar surface area (TPSA) is 38.3 Å². The minimum atomic E-state index is -0.813. The number of amides is 1. The molecule has 2 aromatic rings. The first-order valence-electron chi connectivity index (χ1n) is 7.90. The fourth-order valence-corrected chi connectivity index (χ4v) is 2.61. The van der Waals surface area contributed by atoms with Gasteiger partial charge in [-0.15, -0.1) is 0 Å². The van der Waals surface area contributed by atoms with Crippen LogP contribution in [-0.2, 0) is 15.7 Å².